The molecule has 0 spiro atoms. The Balaban J connectivity index is 1.75. The van der Waals surface area contributed by atoms with Crippen molar-refractivity contribution in [3.8, 4) is 0 Å². The Kier molecular flexibility index (Phi) is 2.67. The molecule has 0 aliphatic heterocycles. The van der Waals surface area contributed by atoms with Gasteiger partial charge >= 0.3 is 0 Å². The van der Waals surface area contributed by atoms with Crippen molar-refractivity contribution < 1.29 is 0 Å². The number of hydrogen-bond donors (Lipinski definition) is 1. The fourth-order valence-corrected chi connectivity index (χ4v) is 2.51. The molecule has 0 bridgehead atoms. The zero-order valence-electron chi connectivity index (χ0n) is 9.73. The largest absolute Gasteiger partial charge is 0.325 e. The molecular formula is C12H20N4. The van der Waals surface area contributed by atoms with E-state index in [2.05, 4.69) is 15.0 Å². The predicted molar refractivity (Wildman–Crippen MR) is 61.8 cm³/mol. The lowest BCUT2D eigenvalue weighted by atomic mass is 9.82. The quantitative estimate of drug-likeness (QED) is 0.823. The predicted octanol–water partition coefficient (Wildman–Crippen LogP) is 1.80. The standard InChI is InChI=1S/C12H20N4/c13-8-11-12(10-2-1-3-10)16(15-14-11)7-6-9-4-5-9/h9-10H,1-8,13H2. The van der Waals surface area contributed by atoms with Crippen molar-refractivity contribution >= 4 is 0 Å². The van der Waals surface area contributed by atoms with Crippen LogP contribution in [0.15, 0.2) is 0 Å². The molecule has 2 fully saturated rings. The average Bonchev–Trinajstić information content (AvgIpc) is 2.96. The molecule has 1 aromatic rings. The van der Waals surface area contributed by atoms with Crippen molar-refractivity contribution in [2.75, 3.05) is 0 Å². The van der Waals surface area contributed by atoms with Gasteiger partial charge in [0.25, 0.3) is 0 Å². The molecule has 2 saturated carbocycles. The van der Waals surface area contributed by atoms with Gasteiger partial charge in [-0.2, -0.15) is 0 Å². The van der Waals surface area contributed by atoms with Crippen molar-refractivity contribution in [1.29, 1.82) is 0 Å². The Bertz CT molecular complexity index is 363. The van der Waals surface area contributed by atoms with Crippen LogP contribution in [0, 0.1) is 5.92 Å². The molecule has 0 radical (unpaired) electrons. The van der Waals surface area contributed by atoms with Crippen molar-refractivity contribution in [3.05, 3.63) is 11.4 Å². The van der Waals surface area contributed by atoms with E-state index in [0.717, 1.165) is 18.2 Å². The molecule has 1 heterocycles. The molecule has 88 valence electrons. The highest BCUT2D eigenvalue weighted by molar-refractivity contribution is 5.17. The first-order valence-corrected chi connectivity index (χ1v) is 6.51. The van der Waals surface area contributed by atoms with Gasteiger partial charge in [-0.15, -0.1) is 5.10 Å². The topological polar surface area (TPSA) is 56.7 Å². The van der Waals surface area contributed by atoms with E-state index in [1.54, 1.807) is 0 Å². The van der Waals surface area contributed by atoms with Crippen LogP contribution in [-0.2, 0) is 13.1 Å². The Morgan fingerprint density at radius 1 is 1.25 bits per heavy atom. The minimum absolute atomic E-state index is 0.537. The molecule has 4 heteroatoms. The zero-order chi connectivity index (χ0) is 11.0. The normalized spacial score (nSPS) is 21.1. The summed E-state index contributed by atoms with van der Waals surface area (Å²) in [7, 11) is 0. The second kappa shape index (κ2) is 4.17. The second-order valence-electron chi connectivity index (χ2n) is 5.21. The summed E-state index contributed by atoms with van der Waals surface area (Å²) in [4.78, 5) is 0. The van der Waals surface area contributed by atoms with Crippen LogP contribution in [0.2, 0.25) is 0 Å². The van der Waals surface area contributed by atoms with Crippen LogP contribution in [0.25, 0.3) is 0 Å². The van der Waals surface area contributed by atoms with Gasteiger partial charge in [-0.05, 0) is 25.2 Å². The molecule has 16 heavy (non-hydrogen) atoms. The van der Waals surface area contributed by atoms with E-state index < -0.39 is 0 Å². The molecule has 2 aliphatic rings. The fraction of sp³-hybridized carbons (Fsp3) is 0.833. The molecule has 2 N–H and O–H groups in total. The third-order valence-corrected chi connectivity index (χ3v) is 3.98. The number of aryl methyl sites for hydroxylation is 1. The third kappa shape index (κ3) is 1.86. The number of rotatable bonds is 5. The SMILES string of the molecule is NCc1nnn(CCC2CC2)c1C1CCC1. The van der Waals surface area contributed by atoms with Crippen LogP contribution in [0.3, 0.4) is 0 Å². The van der Waals surface area contributed by atoms with Crippen molar-refractivity contribution in [1.82, 2.24) is 15.0 Å². The van der Waals surface area contributed by atoms with Gasteiger partial charge in [0.2, 0.25) is 0 Å². The number of aromatic nitrogens is 3. The first-order valence-electron chi connectivity index (χ1n) is 6.51. The van der Waals surface area contributed by atoms with Gasteiger partial charge in [0, 0.05) is 19.0 Å². The van der Waals surface area contributed by atoms with E-state index in [1.165, 1.54) is 44.2 Å². The van der Waals surface area contributed by atoms with Crippen molar-refractivity contribution in [3.63, 3.8) is 0 Å². The summed E-state index contributed by atoms with van der Waals surface area (Å²) in [6.45, 7) is 1.58. The maximum absolute atomic E-state index is 5.73. The monoisotopic (exact) mass is 220 g/mol. The second-order valence-corrected chi connectivity index (χ2v) is 5.21. The summed E-state index contributed by atoms with van der Waals surface area (Å²) in [6.07, 6.45) is 8.04. The van der Waals surface area contributed by atoms with E-state index in [1.807, 2.05) is 0 Å². The Labute approximate surface area is 96.2 Å². The van der Waals surface area contributed by atoms with Gasteiger partial charge in [-0.25, -0.2) is 4.68 Å². The van der Waals surface area contributed by atoms with Gasteiger partial charge < -0.3 is 5.73 Å². The molecule has 0 saturated heterocycles. The highest BCUT2D eigenvalue weighted by atomic mass is 15.4. The Morgan fingerprint density at radius 3 is 2.62 bits per heavy atom. The van der Waals surface area contributed by atoms with E-state index in [0.29, 0.717) is 12.5 Å². The van der Waals surface area contributed by atoms with Gasteiger partial charge in [-0.1, -0.05) is 24.5 Å². The zero-order valence-corrected chi connectivity index (χ0v) is 9.73. The summed E-state index contributed by atoms with van der Waals surface area (Å²) >= 11 is 0. The highest BCUT2D eigenvalue weighted by Gasteiger charge is 2.28. The average molecular weight is 220 g/mol. The third-order valence-electron chi connectivity index (χ3n) is 3.98. The van der Waals surface area contributed by atoms with Gasteiger partial charge in [0.05, 0.1) is 11.4 Å². The van der Waals surface area contributed by atoms with E-state index in [9.17, 15) is 0 Å². The summed E-state index contributed by atoms with van der Waals surface area (Å²) in [6, 6.07) is 0. The van der Waals surface area contributed by atoms with Crippen LogP contribution >= 0.6 is 0 Å². The molecule has 2 aliphatic carbocycles. The van der Waals surface area contributed by atoms with E-state index >= 15 is 0 Å². The molecule has 0 amide bonds. The summed E-state index contributed by atoms with van der Waals surface area (Å²) in [5.41, 5.74) is 8.10. The van der Waals surface area contributed by atoms with Crippen LogP contribution in [0.1, 0.15) is 55.8 Å². The molecule has 1 aromatic heterocycles. The molecule has 0 unspecified atom stereocenters. The maximum Gasteiger partial charge on any atom is 0.0997 e. The fourth-order valence-electron chi connectivity index (χ4n) is 2.51. The molecule has 0 aromatic carbocycles. The number of hydrogen-bond acceptors (Lipinski definition) is 3. The minimum Gasteiger partial charge on any atom is -0.325 e. The molecule has 4 nitrogen and oxygen atoms in total. The van der Waals surface area contributed by atoms with E-state index in [4.69, 9.17) is 5.73 Å². The van der Waals surface area contributed by atoms with Crippen LogP contribution in [0.5, 0.6) is 0 Å². The Morgan fingerprint density at radius 2 is 2.06 bits per heavy atom. The molecule has 3 rings (SSSR count). The summed E-state index contributed by atoms with van der Waals surface area (Å²) in [5, 5.41) is 8.50. The molecule has 0 atom stereocenters. The number of nitrogens with two attached hydrogens (primary N) is 1. The Hall–Kier alpha value is -0.900. The number of nitrogens with zero attached hydrogens (tertiary/aromatic N) is 3. The highest BCUT2D eigenvalue weighted by Crippen LogP contribution is 2.38. The lowest BCUT2D eigenvalue weighted by Crippen LogP contribution is -2.18. The van der Waals surface area contributed by atoms with Gasteiger partial charge in [-0.3, -0.25) is 0 Å². The smallest absolute Gasteiger partial charge is 0.0997 e. The summed E-state index contributed by atoms with van der Waals surface area (Å²) in [5.74, 6) is 1.65. The maximum atomic E-state index is 5.73. The lowest BCUT2D eigenvalue weighted by Gasteiger charge is -2.26. The van der Waals surface area contributed by atoms with Crippen molar-refractivity contribution in [2.24, 2.45) is 11.7 Å². The van der Waals surface area contributed by atoms with Crippen LogP contribution < -0.4 is 5.73 Å². The van der Waals surface area contributed by atoms with Gasteiger partial charge in [0.1, 0.15) is 0 Å². The van der Waals surface area contributed by atoms with Crippen molar-refractivity contribution in [2.45, 2.75) is 57.5 Å². The van der Waals surface area contributed by atoms with Gasteiger partial charge in [0.15, 0.2) is 0 Å². The first-order chi connectivity index (χ1) is 7.88. The first kappa shape index (κ1) is 10.3. The summed E-state index contributed by atoms with van der Waals surface area (Å²) < 4.78 is 2.13. The van der Waals surface area contributed by atoms with Crippen LogP contribution in [0.4, 0.5) is 0 Å². The van der Waals surface area contributed by atoms with E-state index in [-0.39, 0.29) is 0 Å². The minimum atomic E-state index is 0.537. The lowest BCUT2D eigenvalue weighted by molar-refractivity contribution is 0.380. The molecular weight excluding hydrogens is 200 g/mol. The van der Waals surface area contributed by atoms with Crippen LogP contribution in [-0.4, -0.2) is 15.0 Å².